The summed E-state index contributed by atoms with van der Waals surface area (Å²) in [5.74, 6) is -1.19. The van der Waals surface area contributed by atoms with Gasteiger partial charge in [-0.25, -0.2) is 4.79 Å². The van der Waals surface area contributed by atoms with Gasteiger partial charge in [0.05, 0.1) is 18.2 Å². The lowest BCUT2D eigenvalue weighted by Gasteiger charge is -2.14. The Balaban J connectivity index is 2.17. The van der Waals surface area contributed by atoms with Crippen LogP contribution in [0.25, 0.3) is 0 Å². The largest absolute Gasteiger partial charge is 0.465 e. The minimum absolute atomic E-state index is 0.111. The van der Waals surface area contributed by atoms with Crippen LogP contribution in [0.3, 0.4) is 0 Å². The van der Waals surface area contributed by atoms with Crippen molar-refractivity contribution in [1.29, 1.82) is 0 Å². The Labute approximate surface area is 147 Å². The molecule has 0 bridgehead atoms. The number of ether oxygens (including phenoxy) is 1. The van der Waals surface area contributed by atoms with Gasteiger partial charge in [0.15, 0.2) is 0 Å². The molecule has 0 radical (unpaired) electrons. The predicted molar refractivity (Wildman–Crippen MR) is 89.6 cm³/mol. The summed E-state index contributed by atoms with van der Waals surface area (Å²) in [6, 6.07) is 10.4. The van der Waals surface area contributed by atoms with Crippen LogP contribution in [-0.2, 0) is 15.7 Å². The summed E-state index contributed by atoms with van der Waals surface area (Å²) >= 11 is 4.10. The van der Waals surface area contributed by atoms with Gasteiger partial charge in [-0.3, -0.25) is 4.79 Å². The number of hydrogen-bond donors (Lipinski definition) is 2. The van der Waals surface area contributed by atoms with Gasteiger partial charge in [-0.05, 0) is 29.8 Å². The van der Waals surface area contributed by atoms with Crippen molar-refractivity contribution in [2.45, 2.75) is 11.4 Å². The van der Waals surface area contributed by atoms with Crippen LogP contribution < -0.4 is 5.32 Å². The van der Waals surface area contributed by atoms with Gasteiger partial charge in [0.25, 0.3) is 0 Å². The first-order valence-electron chi connectivity index (χ1n) is 7.07. The van der Waals surface area contributed by atoms with E-state index in [2.05, 4.69) is 22.7 Å². The maximum Gasteiger partial charge on any atom is 0.416 e. The van der Waals surface area contributed by atoms with Crippen molar-refractivity contribution in [2.24, 2.45) is 0 Å². The number of amides is 1. The number of esters is 1. The van der Waals surface area contributed by atoms with Gasteiger partial charge in [0, 0.05) is 5.69 Å². The third-order valence-corrected chi connectivity index (χ3v) is 3.86. The van der Waals surface area contributed by atoms with E-state index < -0.39 is 28.9 Å². The zero-order valence-electron chi connectivity index (χ0n) is 13.0. The number of hydrogen-bond acceptors (Lipinski definition) is 4. The predicted octanol–water partition coefficient (Wildman–Crippen LogP) is 4.10. The van der Waals surface area contributed by atoms with E-state index in [9.17, 15) is 22.8 Å². The second-order valence-electron chi connectivity index (χ2n) is 5.09. The van der Waals surface area contributed by atoms with Gasteiger partial charge in [-0.1, -0.05) is 24.3 Å². The van der Waals surface area contributed by atoms with Crippen LogP contribution in [-0.4, -0.2) is 19.0 Å². The Hall–Kier alpha value is -2.48. The number of thiol groups is 1. The molecule has 1 N–H and O–H groups in total. The Morgan fingerprint density at radius 1 is 1.12 bits per heavy atom. The molecule has 0 aliphatic heterocycles. The molecular weight excluding hydrogens is 355 g/mol. The van der Waals surface area contributed by atoms with Crippen LogP contribution in [0.1, 0.15) is 26.7 Å². The molecule has 0 fully saturated rings. The lowest BCUT2D eigenvalue weighted by molar-refractivity contribution is -0.137. The lowest BCUT2D eigenvalue weighted by atomic mass is 10.1. The summed E-state index contributed by atoms with van der Waals surface area (Å²) in [5, 5.41) is 1.41. The van der Waals surface area contributed by atoms with Crippen LogP contribution in [0.4, 0.5) is 18.9 Å². The molecule has 1 unspecified atom stereocenters. The molecule has 1 amide bonds. The summed E-state index contributed by atoms with van der Waals surface area (Å²) in [7, 11) is 1.23. The summed E-state index contributed by atoms with van der Waals surface area (Å²) in [6.45, 7) is 0. The van der Waals surface area contributed by atoms with Crippen LogP contribution in [0.2, 0.25) is 0 Å². The summed E-state index contributed by atoms with van der Waals surface area (Å²) in [6.07, 6.45) is -4.51. The zero-order chi connectivity index (χ0) is 18.6. The van der Waals surface area contributed by atoms with Gasteiger partial charge < -0.3 is 10.1 Å². The fourth-order valence-electron chi connectivity index (χ4n) is 2.09. The number of halogens is 3. The van der Waals surface area contributed by atoms with E-state index in [0.717, 1.165) is 12.1 Å². The van der Waals surface area contributed by atoms with Gasteiger partial charge in [0.1, 0.15) is 5.25 Å². The highest BCUT2D eigenvalue weighted by Gasteiger charge is 2.31. The third kappa shape index (κ3) is 4.76. The molecule has 132 valence electrons. The van der Waals surface area contributed by atoms with Gasteiger partial charge in [-0.15, -0.1) is 0 Å². The standard InChI is InChI=1S/C17H14F3NO3S/c1-24-16(23)11-5-3-7-13(9-11)21-15(22)14(25)10-4-2-6-12(8-10)17(18,19)20/h2-9,14,25H,1H3,(H,21,22). The average molecular weight is 369 g/mol. The molecule has 0 spiro atoms. The third-order valence-electron chi connectivity index (χ3n) is 3.33. The second-order valence-corrected chi connectivity index (χ2v) is 5.60. The van der Waals surface area contributed by atoms with Gasteiger partial charge in [-0.2, -0.15) is 25.8 Å². The van der Waals surface area contributed by atoms with Crippen molar-refractivity contribution in [1.82, 2.24) is 0 Å². The first kappa shape index (κ1) is 18.9. The summed E-state index contributed by atoms with van der Waals surface area (Å²) in [4.78, 5) is 23.7. The molecule has 8 heteroatoms. The SMILES string of the molecule is COC(=O)c1cccc(NC(=O)C(S)c2cccc(C(F)(F)F)c2)c1. The van der Waals surface area contributed by atoms with E-state index in [4.69, 9.17) is 0 Å². The molecule has 0 saturated heterocycles. The smallest absolute Gasteiger partial charge is 0.416 e. The van der Waals surface area contributed by atoms with Crippen molar-refractivity contribution < 1.29 is 27.5 Å². The highest BCUT2D eigenvalue weighted by atomic mass is 32.1. The number of carbonyl (C=O) groups is 2. The molecule has 0 aliphatic rings. The van der Waals surface area contributed by atoms with E-state index in [0.29, 0.717) is 5.69 Å². The van der Waals surface area contributed by atoms with E-state index in [1.165, 1.54) is 37.4 Å². The molecule has 2 aromatic rings. The Morgan fingerprint density at radius 2 is 1.80 bits per heavy atom. The number of methoxy groups -OCH3 is 1. The monoisotopic (exact) mass is 369 g/mol. The Morgan fingerprint density at radius 3 is 2.44 bits per heavy atom. The fourth-order valence-corrected chi connectivity index (χ4v) is 2.31. The van der Waals surface area contributed by atoms with Crippen molar-refractivity contribution in [3.63, 3.8) is 0 Å². The van der Waals surface area contributed by atoms with Crippen molar-refractivity contribution in [3.05, 3.63) is 65.2 Å². The second kappa shape index (κ2) is 7.60. The topological polar surface area (TPSA) is 55.4 Å². The van der Waals surface area contributed by atoms with E-state index in [-0.39, 0.29) is 11.1 Å². The molecule has 2 rings (SSSR count). The minimum Gasteiger partial charge on any atom is -0.465 e. The van der Waals surface area contributed by atoms with E-state index >= 15 is 0 Å². The number of rotatable bonds is 4. The van der Waals surface area contributed by atoms with Crippen molar-refractivity contribution in [2.75, 3.05) is 12.4 Å². The summed E-state index contributed by atoms with van der Waals surface area (Å²) < 4.78 is 42.9. The minimum atomic E-state index is -4.51. The Kier molecular flexibility index (Phi) is 5.73. The zero-order valence-corrected chi connectivity index (χ0v) is 13.9. The number of benzene rings is 2. The molecule has 1 atom stereocenters. The molecule has 0 aliphatic carbocycles. The number of carbonyl (C=O) groups excluding carboxylic acids is 2. The van der Waals surface area contributed by atoms with Crippen LogP contribution in [0.15, 0.2) is 48.5 Å². The molecule has 25 heavy (non-hydrogen) atoms. The first-order chi connectivity index (χ1) is 11.7. The normalized spacial score (nSPS) is 12.4. The van der Waals surface area contributed by atoms with Gasteiger partial charge in [0.2, 0.25) is 5.91 Å². The highest BCUT2D eigenvalue weighted by molar-refractivity contribution is 7.81. The molecule has 0 aromatic heterocycles. The number of nitrogens with one attached hydrogen (secondary N) is 1. The summed E-state index contributed by atoms with van der Waals surface area (Å²) in [5.41, 5.74) is -0.210. The van der Waals surface area contributed by atoms with Gasteiger partial charge >= 0.3 is 12.1 Å². The molecule has 0 saturated carbocycles. The maximum absolute atomic E-state index is 12.8. The quantitative estimate of drug-likeness (QED) is 0.630. The number of anilines is 1. The maximum atomic E-state index is 12.8. The van der Waals surface area contributed by atoms with Crippen molar-refractivity contribution >= 4 is 30.2 Å². The van der Waals surface area contributed by atoms with E-state index in [1.807, 2.05) is 0 Å². The molecule has 0 heterocycles. The molecular formula is C17H14F3NO3S. The van der Waals surface area contributed by atoms with E-state index in [1.54, 1.807) is 6.07 Å². The molecule has 2 aromatic carbocycles. The van der Waals surface area contributed by atoms with Crippen LogP contribution in [0.5, 0.6) is 0 Å². The average Bonchev–Trinajstić information content (AvgIpc) is 2.60. The fraction of sp³-hybridized carbons (Fsp3) is 0.176. The Bertz CT molecular complexity index is 793. The van der Waals surface area contributed by atoms with Crippen LogP contribution in [0, 0.1) is 0 Å². The lowest BCUT2D eigenvalue weighted by Crippen LogP contribution is -2.18. The first-order valence-corrected chi connectivity index (χ1v) is 7.58. The van der Waals surface area contributed by atoms with Crippen molar-refractivity contribution in [3.8, 4) is 0 Å². The molecule has 4 nitrogen and oxygen atoms in total. The highest BCUT2D eigenvalue weighted by Crippen LogP contribution is 2.32. The van der Waals surface area contributed by atoms with Crippen LogP contribution >= 0.6 is 12.6 Å². The number of alkyl halides is 3.